The molecule has 6 heteroatoms. The Morgan fingerprint density at radius 2 is 1.85 bits per heavy atom. The molecule has 26 heavy (non-hydrogen) atoms. The van der Waals surface area contributed by atoms with Crippen LogP contribution in [-0.2, 0) is 6.54 Å². The Balaban J connectivity index is 0.00000243. The Hall–Kier alpha value is -1.26. The van der Waals surface area contributed by atoms with Crippen LogP contribution >= 0.6 is 35.6 Å². The number of halogens is 3. The molecule has 3 nitrogen and oxygen atoms in total. The van der Waals surface area contributed by atoms with Crippen LogP contribution in [0.4, 0.5) is 0 Å². The van der Waals surface area contributed by atoms with Gasteiger partial charge in [0.2, 0.25) is 0 Å². The molecule has 1 atom stereocenters. The van der Waals surface area contributed by atoms with Crippen molar-refractivity contribution < 1.29 is 4.79 Å². The zero-order chi connectivity index (χ0) is 17.8. The highest BCUT2D eigenvalue weighted by atomic mass is 35.5. The van der Waals surface area contributed by atoms with Gasteiger partial charge in [-0.3, -0.25) is 9.69 Å². The van der Waals surface area contributed by atoms with Crippen molar-refractivity contribution in [3.63, 3.8) is 0 Å². The van der Waals surface area contributed by atoms with Gasteiger partial charge in [-0.1, -0.05) is 59.6 Å². The molecule has 0 spiro atoms. The largest absolute Gasteiger partial charge is 0.319 e. The zero-order valence-corrected chi connectivity index (χ0v) is 17.0. The van der Waals surface area contributed by atoms with Crippen molar-refractivity contribution in [2.24, 2.45) is 0 Å². The molecule has 0 aliphatic carbocycles. The summed E-state index contributed by atoms with van der Waals surface area (Å²) in [4.78, 5) is 17.5. The fraction of sp³-hybridized carbons (Fsp3) is 0.350. The fourth-order valence-corrected chi connectivity index (χ4v) is 3.75. The Kier molecular flexibility index (Phi) is 7.78. The van der Waals surface area contributed by atoms with E-state index in [1.165, 1.54) is 0 Å². The Labute approximate surface area is 171 Å². The van der Waals surface area contributed by atoms with Crippen LogP contribution in [0.1, 0.15) is 35.2 Å². The number of amides is 1. The molecule has 140 valence electrons. The molecule has 2 aromatic carbocycles. The number of piperidine rings is 1. The lowest BCUT2D eigenvalue weighted by Gasteiger charge is -2.41. The van der Waals surface area contributed by atoms with Crippen LogP contribution in [0, 0.1) is 0 Å². The number of carbonyl (C=O) groups is 1. The van der Waals surface area contributed by atoms with Crippen LogP contribution < -0.4 is 0 Å². The second kappa shape index (κ2) is 9.61. The van der Waals surface area contributed by atoms with E-state index in [0.717, 1.165) is 31.4 Å². The van der Waals surface area contributed by atoms with Gasteiger partial charge in [-0.15, -0.1) is 12.4 Å². The van der Waals surface area contributed by atoms with E-state index in [1.807, 2.05) is 35.2 Å². The molecule has 1 heterocycles. The second-order valence-electron chi connectivity index (χ2n) is 6.48. The SMILES string of the molecule is CN1CCCCC1N(Cc1ccccc1)C(=O)c1cccc(Cl)c1Cl.Cl. The van der Waals surface area contributed by atoms with Gasteiger partial charge in [0.15, 0.2) is 0 Å². The fourth-order valence-electron chi connectivity index (χ4n) is 3.37. The van der Waals surface area contributed by atoms with Crippen LogP contribution in [0.25, 0.3) is 0 Å². The monoisotopic (exact) mass is 412 g/mol. The molecular weight excluding hydrogens is 391 g/mol. The summed E-state index contributed by atoms with van der Waals surface area (Å²) in [6.07, 6.45) is 3.32. The number of likely N-dealkylation sites (tertiary alicyclic amines) is 1. The summed E-state index contributed by atoms with van der Waals surface area (Å²) in [5.41, 5.74) is 1.57. The van der Waals surface area contributed by atoms with Gasteiger partial charge in [0.25, 0.3) is 5.91 Å². The predicted octanol–water partition coefficient (Wildman–Crippen LogP) is 5.50. The summed E-state index contributed by atoms with van der Waals surface area (Å²) in [7, 11) is 2.08. The van der Waals surface area contributed by atoms with Crippen LogP contribution in [0.3, 0.4) is 0 Å². The van der Waals surface area contributed by atoms with Crippen LogP contribution in [0.15, 0.2) is 48.5 Å². The summed E-state index contributed by atoms with van der Waals surface area (Å²) < 4.78 is 0. The number of nitrogens with zero attached hydrogens (tertiary/aromatic N) is 2. The number of benzene rings is 2. The first-order valence-electron chi connectivity index (χ1n) is 8.57. The van der Waals surface area contributed by atoms with Crippen molar-refractivity contribution in [1.82, 2.24) is 9.80 Å². The molecule has 1 amide bonds. The molecule has 3 rings (SSSR count). The quantitative estimate of drug-likeness (QED) is 0.661. The van der Waals surface area contributed by atoms with Crippen LogP contribution in [0.2, 0.25) is 10.0 Å². The first-order chi connectivity index (χ1) is 12.1. The van der Waals surface area contributed by atoms with Gasteiger partial charge in [0.1, 0.15) is 0 Å². The number of carbonyl (C=O) groups excluding carboxylic acids is 1. The van der Waals surface area contributed by atoms with Crippen LogP contribution in [0.5, 0.6) is 0 Å². The van der Waals surface area contributed by atoms with E-state index in [-0.39, 0.29) is 24.5 Å². The third-order valence-corrected chi connectivity index (χ3v) is 5.55. The standard InChI is InChI=1S/C20H22Cl2N2O.ClH/c1-23-13-6-5-12-18(23)24(14-15-8-3-2-4-9-15)20(25)16-10-7-11-17(21)19(16)22;/h2-4,7-11,18H,5-6,12-14H2,1H3;1H. The molecular formula is C20H23Cl3N2O. The van der Waals surface area contributed by atoms with E-state index in [9.17, 15) is 4.79 Å². The molecule has 0 aromatic heterocycles. The number of rotatable bonds is 4. The first kappa shape index (κ1) is 21.0. The van der Waals surface area contributed by atoms with E-state index in [2.05, 4.69) is 11.9 Å². The van der Waals surface area contributed by atoms with Gasteiger partial charge < -0.3 is 4.90 Å². The minimum atomic E-state index is -0.0740. The first-order valence-corrected chi connectivity index (χ1v) is 9.32. The Morgan fingerprint density at radius 1 is 1.12 bits per heavy atom. The Bertz CT molecular complexity index is 739. The van der Waals surface area contributed by atoms with Crippen molar-refractivity contribution in [2.45, 2.75) is 32.0 Å². The highest BCUT2D eigenvalue weighted by Gasteiger charge is 2.31. The van der Waals surface area contributed by atoms with Gasteiger partial charge in [-0.2, -0.15) is 0 Å². The van der Waals surface area contributed by atoms with Gasteiger partial charge >= 0.3 is 0 Å². The molecule has 1 unspecified atom stereocenters. The molecule has 0 bridgehead atoms. The molecule has 1 aliphatic rings. The molecule has 2 aromatic rings. The molecule has 0 N–H and O–H groups in total. The summed E-state index contributed by atoms with van der Waals surface area (Å²) in [5, 5.41) is 0.731. The minimum Gasteiger partial charge on any atom is -0.319 e. The van der Waals surface area contributed by atoms with Crippen molar-refractivity contribution in [1.29, 1.82) is 0 Å². The normalized spacial score (nSPS) is 17.4. The average Bonchev–Trinajstić information content (AvgIpc) is 2.63. The summed E-state index contributed by atoms with van der Waals surface area (Å²) in [5.74, 6) is -0.0740. The van der Waals surface area contributed by atoms with Crippen molar-refractivity contribution >= 4 is 41.5 Å². The number of hydrogen-bond donors (Lipinski definition) is 0. The zero-order valence-electron chi connectivity index (χ0n) is 14.7. The van der Waals surface area contributed by atoms with E-state index in [4.69, 9.17) is 23.2 Å². The predicted molar refractivity (Wildman–Crippen MR) is 110 cm³/mol. The smallest absolute Gasteiger partial charge is 0.256 e. The van der Waals surface area contributed by atoms with Gasteiger partial charge in [0, 0.05) is 6.54 Å². The highest BCUT2D eigenvalue weighted by molar-refractivity contribution is 6.43. The van der Waals surface area contributed by atoms with E-state index in [0.29, 0.717) is 22.2 Å². The second-order valence-corrected chi connectivity index (χ2v) is 7.26. The molecule has 1 saturated heterocycles. The average molecular weight is 414 g/mol. The topological polar surface area (TPSA) is 23.6 Å². The lowest BCUT2D eigenvalue weighted by molar-refractivity contribution is 0.0216. The lowest BCUT2D eigenvalue weighted by Crippen LogP contribution is -2.51. The van der Waals surface area contributed by atoms with E-state index < -0.39 is 0 Å². The number of hydrogen-bond acceptors (Lipinski definition) is 2. The van der Waals surface area contributed by atoms with Gasteiger partial charge in [-0.25, -0.2) is 0 Å². The third kappa shape index (κ3) is 4.72. The van der Waals surface area contributed by atoms with Gasteiger partial charge in [0.05, 0.1) is 21.8 Å². The molecule has 1 aliphatic heterocycles. The molecule has 0 saturated carbocycles. The summed E-state index contributed by atoms with van der Waals surface area (Å²) in [6.45, 7) is 1.55. The van der Waals surface area contributed by atoms with Crippen molar-refractivity contribution in [2.75, 3.05) is 13.6 Å². The lowest BCUT2D eigenvalue weighted by atomic mass is 10.0. The summed E-state index contributed by atoms with van der Waals surface area (Å²) >= 11 is 12.4. The Morgan fingerprint density at radius 3 is 2.54 bits per heavy atom. The maximum Gasteiger partial charge on any atom is 0.256 e. The van der Waals surface area contributed by atoms with Gasteiger partial charge in [-0.05, 0) is 50.6 Å². The molecule has 0 radical (unpaired) electrons. The van der Waals surface area contributed by atoms with E-state index >= 15 is 0 Å². The maximum absolute atomic E-state index is 13.3. The van der Waals surface area contributed by atoms with Crippen LogP contribution in [-0.4, -0.2) is 35.5 Å². The van der Waals surface area contributed by atoms with Crippen molar-refractivity contribution in [3.05, 3.63) is 69.7 Å². The third-order valence-electron chi connectivity index (χ3n) is 4.73. The van der Waals surface area contributed by atoms with Crippen molar-refractivity contribution in [3.8, 4) is 0 Å². The maximum atomic E-state index is 13.3. The molecule has 1 fully saturated rings. The van der Waals surface area contributed by atoms with E-state index in [1.54, 1.807) is 18.2 Å². The minimum absolute atomic E-state index is 0. The highest BCUT2D eigenvalue weighted by Crippen LogP contribution is 2.29. The summed E-state index contributed by atoms with van der Waals surface area (Å²) in [6, 6.07) is 15.3.